The molecule has 0 radical (unpaired) electrons. The second kappa shape index (κ2) is 7.46. The molecule has 1 saturated heterocycles. The highest BCUT2D eigenvalue weighted by Gasteiger charge is 2.43. The van der Waals surface area contributed by atoms with Crippen LogP contribution in [0.15, 0.2) is 0 Å². The minimum absolute atomic E-state index is 0.304. The highest BCUT2D eigenvalue weighted by molar-refractivity contribution is 4.94. The summed E-state index contributed by atoms with van der Waals surface area (Å²) in [5.74, 6) is 2.83. The lowest BCUT2D eigenvalue weighted by atomic mass is 9.71. The first-order chi connectivity index (χ1) is 10.3. The van der Waals surface area contributed by atoms with E-state index in [4.69, 9.17) is 4.74 Å². The average molecular weight is 293 g/mol. The van der Waals surface area contributed by atoms with Gasteiger partial charge in [0, 0.05) is 6.61 Å². The van der Waals surface area contributed by atoms with Crippen LogP contribution in [0, 0.1) is 17.8 Å². The lowest BCUT2D eigenvalue weighted by Gasteiger charge is -2.43. The van der Waals surface area contributed by atoms with E-state index in [9.17, 15) is 0 Å². The van der Waals surface area contributed by atoms with E-state index in [0.717, 1.165) is 30.9 Å². The molecule has 122 valence electrons. The molecule has 3 fully saturated rings. The zero-order valence-corrected chi connectivity index (χ0v) is 14.0. The maximum absolute atomic E-state index is 6.28. The molecular weight excluding hydrogens is 258 g/mol. The van der Waals surface area contributed by atoms with Gasteiger partial charge in [0.2, 0.25) is 0 Å². The topological polar surface area (TPSA) is 21.3 Å². The van der Waals surface area contributed by atoms with Crippen LogP contribution in [0.25, 0.3) is 0 Å². The van der Waals surface area contributed by atoms with E-state index in [1.807, 2.05) is 0 Å². The van der Waals surface area contributed by atoms with Crippen LogP contribution in [-0.4, -0.2) is 25.3 Å². The molecule has 3 atom stereocenters. The van der Waals surface area contributed by atoms with Gasteiger partial charge in [-0.25, -0.2) is 0 Å². The van der Waals surface area contributed by atoms with Gasteiger partial charge in [-0.05, 0) is 69.4 Å². The first kappa shape index (κ1) is 15.8. The van der Waals surface area contributed by atoms with Crippen molar-refractivity contribution in [2.45, 2.75) is 83.2 Å². The van der Waals surface area contributed by atoms with E-state index in [0.29, 0.717) is 5.60 Å². The van der Waals surface area contributed by atoms with Gasteiger partial charge in [-0.2, -0.15) is 0 Å². The Morgan fingerprint density at radius 1 is 1.00 bits per heavy atom. The molecular formula is C19H35NO. The van der Waals surface area contributed by atoms with Crippen LogP contribution in [0.2, 0.25) is 0 Å². The fourth-order valence-electron chi connectivity index (χ4n) is 5.42. The molecule has 0 amide bonds. The second-order valence-electron chi connectivity index (χ2n) is 7.86. The van der Waals surface area contributed by atoms with Crippen LogP contribution in [0.1, 0.15) is 77.6 Å². The summed E-state index contributed by atoms with van der Waals surface area (Å²) < 4.78 is 6.28. The zero-order chi connectivity index (χ0) is 14.5. The fourth-order valence-corrected chi connectivity index (χ4v) is 5.42. The van der Waals surface area contributed by atoms with Crippen molar-refractivity contribution < 1.29 is 4.74 Å². The van der Waals surface area contributed by atoms with Gasteiger partial charge in [0.25, 0.3) is 0 Å². The van der Waals surface area contributed by atoms with Gasteiger partial charge in [0.05, 0.1) is 5.60 Å². The number of rotatable bonds is 4. The van der Waals surface area contributed by atoms with Crippen molar-refractivity contribution in [3.05, 3.63) is 0 Å². The van der Waals surface area contributed by atoms with Crippen molar-refractivity contribution >= 4 is 0 Å². The predicted octanol–water partition coefficient (Wildman–Crippen LogP) is 4.53. The Morgan fingerprint density at radius 2 is 1.81 bits per heavy atom. The summed E-state index contributed by atoms with van der Waals surface area (Å²) >= 11 is 0. The first-order valence-corrected chi connectivity index (χ1v) is 9.68. The Labute approximate surface area is 131 Å². The van der Waals surface area contributed by atoms with E-state index in [1.165, 1.54) is 77.2 Å². The summed E-state index contributed by atoms with van der Waals surface area (Å²) in [6, 6.07) is 0. The van der Waals surface area contributed by atoms with Gasteiger partial charge >= 0.3 is 0 Å². The highest BCUT2D eigenvalue weighted by Crippen LogP contribution is 2.47. The van der Waals surface area contributed by atoms with Gasteiger partial charge in [-0.1, -0.05) is 39.0 Å². The fraction of sp³-hybridized carbons (Fsp3) is 1.00. The Kier molecular flexibility index (Phi) is 5.61. The molecule has 3 rings (SSSR count). The summed E-state index contributed by atoms with van der Waals surface area (Å²) in [4.78, 5) is 0. The number of nitrogens with one attached hydrogen (secondary N) is 1. The molecule has 2 nitrogen and oxygen atoms in total. The molecule has 0 aromatic rings. The minimum Gasteiger partial charge on any atom is -0.375 e. The number of hydrogen-bond acceptors (Lipinski definition) is 2. The molecule has 0 aromatic heterocycles. The van der Waals surface area contributed by atoms with Crippen molar-refractivity contribution in [1.29, 1.82) is 0 Å². The maximum Gasteiger partial charge on any atom is 0.0685 e. The van der Waals surface area contributed by atoms with E-state index in [2.05, 4.69) is 12.2 Å². The normalized spacial score (nSPS) is 36.7. The maximum atomic E-state index is 6.28. The molecule has 2 heteroatoms. The SMILES string of the molecule is CCNCC1CCCCCC1C1CCOC2(CCCC2)C1. The molecule has 1 N–H and O–H groups in total. The van der Waals surface area contributed by atoms with Gasteiger partial charge in [0.15, 0.2) is 0 Å². The molecule has 1 aliphatic heterocycles. The Balaban J connectivity index is 1.66. The molecule has 21 heavy (non-hydrogen) atoms. The van der Waals surface area contributed by atoms with E-state index in [1.54, 1.807) is 0 Å². The van der Waals surface area contributed by atoms with Crippen molar-refractivity contribution in [1.82, 2.24) is 5.32 Å². The van der Waals surface area contributed by atoms with Gasteiger partial charge in [-0.3, -0.25) is 0 Å². The zero-order valence-electron chi connectivity index (χ0n) is 14.0. The molecule has 2 aliphatic carbocycles. The third kappa shape index (κ3) is 3.82. The highest BCUT2D eigenvalue weighted by atomic mass is 16.5. The largest absolute Gasteiger partial charge is 0.375 e. The monoisotopic (exact) mass is 293 g/mol. The van der Waals surface area contributed by atoms with Crippen LogP contribution in [0.3, 0.4) is 0 Å². The van der Waals surface area contributed by atoms with Gasteiger partial charge < -0.3 is 10.1 Å². The summed E-state index contributed by atoms with van der Waals surface area (Å²) in [7, 11) is 0. The predicted molar refractivity (Wildman–Crippen MR) is 88.5 cm³/mol. The second-order valence-corrected chi connectivity index (χ2v) is 7.86. The smallest absolute Gasteiger partial charge is 0.0685 e. The van der Waals surface area contributed by atoms with E-state index >= 15 is 0 Å². The van der Waals surface area contributed by atoms with Crippen LogP contribution in [0.4, 0.5) is 0 Å². The molecule has 2 saturated carbocycles. The standard InChI is InChI=1S/C19H35NO/c1-2-20-15-17-8-4-3-5-9-18(17)16-10-13-21-19(14-16)11-6-7-12-19/h16-18,20H,2-15H2,1H3. The van der Waals surface area contributed by atoms with E-state index in [-0.39, 0.29) is 0 Å². The molecule has 1 spiro atoms. The van der Waals surface area contributed by atoms with Crippen LogP contribution < -0.4 is 5.32 Å². The van der Waals surface area contributed by atoms with Crippen molar-refractivity contribution in [3.63, 3.8) is 0 Å². The summed E-state index contributed by atoms with van der Waals surface area (Å²) in [5.41, 5.74) is 0.304. The average Bonchev–Trinajstić information content (AvgIpc) is 2.82. The number of hydrogen-bond donors (Lipinski definition) is 1. The molecule has 0 bridgehead atoms. The Hall–Kier alpha value is -0.0800. The van der Waals surface area contributed by atoms with Crippen molar-refractivity contribution in [2.75, 3.05) is 19.7 Å². The van der Waals surface area contributed by atoms with Crippen LogP contribution >= 0.6 is 0 Å². The summed E-state index contributed by atoms with van der Waals surface area (Å²) in [5, 5.41) is 3.64. The first-order valence-electron chi connectivity index (χ1n) is 9.68. The van der Waals surface area contributed by atoms with Gasteiger partial charge in [0.1, 0.15) is 0 Å². The summed E-state index contributed by atoms with van der Waals surface area (Å²) in [6.45, 7) is 5.66. The van der Waals surface area contributed by atoms with Gasteiger partial charge in [-0.15, -0.1) is 0 Å². The van der Waals surface area contributed by atoms with Crippen molar-refractivity contribution in [2.24, 2.45) is 17.8 Å². The quantitative estimate of drug-likeness (QED) is 0.769. The lowest BCUT2D eigenvalue weighted by Crippen LogP contribution is -2.42. The molecule has 1 heterocycles. The van der Waals surface area contributed by atoms with Crippen LogP contribution in [0.5, 0.6) is 0 Å². The van der Waals surface area contributed by atoms with Crippen molar-refractivity contribution in [3.8, 4) is 0 Å². The molecule has 3 aliphatic rings. The molecule has 3 unspecified atom stereocenters. The third-order valence-electron chi connectivity index (χ3n) is 6.53. The Morgan fingerprint density at radius 3 is 2.62 bits per heavy atom. The minimum atomic E-state index is 0.304. The lowest BCUT2D eigenvalue weighted by molar-refractivity contribution is -0.106. The third-order valence-corrected chi connectivity index (χ3v) is 6.53. The molecule has 0 aromatic carbocycles. The Bertz CT molecular complexity index is 311. The van der Waals surface area contributed by atoms with E-state index < -0.39 is 0 Å². The summed E-state index contributed by atoms with van der Waals surface area (Å²) in [6.07, 6.45) is 15.5. The van der Waals surface area contributed by atoms with Crippen LogP contribution in [-0.2, 0) is 4.74 Å². The number of ether oxygens (including phenoxy) is 1.